The topological polar surface area (TPSA) is 32.3 Å². The van der Waals surface area contributed by atoms with Crippen molar-refractivity contribution in [2.24, 2.45) is 0 Å². The van der Waals surface area contributed by atoms with E-state index >= 15 is 0 Å². The van der Waals surface area contributed by atoms with Crippen molar-refractivity contribution in [3.05, 3.63) is 30.3 Å². The van der Waals surface area contributed by atoms with Crippen LogP contribution in [0.1, 0.15) is 0 Å². The molecule has 0 heterocycles. The molecule has 0 bridgehead atoms. The van der Waals surface area contributed by atoms with Crippen molar-refractivity contribution in [2.45, 2.75) is 4.90 Å². The van der Waals surface area contributed by atoms with Gasteiger partial charge in [0.05, 0.1) is 5.75 Å². The average Bonchev–Trinajstić information content (AvgIpc) is 2.34. The number of hydrogen-bond acceptors (Lipinski definition) is 3. The van der Waals surface area contributed by atoms with E-state index in [2.05, 4.69) is 5.32 Å². The number of carbonyl (C=O) groups is 1. The Morgan fingerprint density at radius 3 is 2.69 bits per heavy atom. The smallest absolute Gasteiger partial charge is 0.232 e. The number of nitrogens with one attached hydrogen (secondary N) is 1. The van der Waals surface area contributed by atoms with Gasteiger partial charge in [-0.2, -0.15) is 0 Å². The van der Waals surface area contributed by atoms with Crippen LogP contribution >= 0.6 is 11.8 Å². The van der Waals surface area contributed by atoms with Gasteiger partial charge in [0.1, 0.15) is 0 Å². The molecule has 0 saturated heterocycles. The van der Waals surface area contributed by atoms with Crippen molar-refractivity contribution in [3.8, 4) is 0 Å². The van der Waals surface area contributed by atoms with E-state index in [4.69, 9.17) is 0 Å². The second-order valence-electron chi connectivity index (χ2n) is 3.52. The molecule has 0 aliphatic heterocycles. The number of likely N-dealkylation sites (N-methyl/N-ethyl adjacent to an activating group) is 2. The van der Waals surface area contributed by atoms with Crippen LogP contribution in [0.5, 0.6) is 0 Å². The van der Waals surface area contributed by atoms with Crippen LogP contribution in [-0.2, 0) is 4.79 Å². The summed E-state index contributed by atoms with van der Waals surface area (Å²) in [5, 5.41) is 3.03. The third-order valence-electron chi connectivity index (χ3n) is 2.23. The molecule has 0 aliphatic rings. The van der Waals surface area contributed by atoms with Crippen LogP contribution < -0.4 is 5.32 Å². The largest absolute Gasteiger partial charge is 0.344 e. The minimum atomic E-state index is 0.170. The monoisotopic (exact) mass is 238 g/mol. The second-order valence-corrected chi connectivity index (χ2v) is 4.57. The summed E-state index contributed by atoms with van der Waals surface area (Å²) in [6, 6.07) is 9.98. The van der Waals surface area contributed by atoms with Gasteiger partial charge in [-0.05, 0) is 19.2 Å². The zero-order valence-electron chi connectivity index (χ0n) is 9.77. The van der Waals surface area contributed by atoms with E-state index in [0.29, 0.717) is 5.75 Å². The van der Waals surface area contributed by atoms with Crippen molar-refractivity contribution in [1.29, 1.82) is 0 Å². The van der Waals surface area contributed by atoms with E-state index in [-0.39, 0.29) is 5.91 Å². The van der Waals surface area contributed by atoms with Crippen molar-refractivity contribution in [2.75, 3.05) is 32.9 Å². The molecular formula is C12H18N2OS. The van der Waals surface area contributed by atoms with E-state index < -0.39 is 0 Å². The minimum absolute atomic E-state index is 0.170. The van der Waals surface area contributed by atoms with Crippen LogP contribution in [0.3, 0.4) is 0 Å². The molecule has 3 nitrogen and oxygen atoms in total. The van der Waals surface area contributed by atoms with Gasteiger partial charge in [0.2, 0.25) is 5.91 Å². The van der Waals surface area contributed by atoms with E-state index in [0.717, 1.165) is 18.0 Å². The highest BCUT2D eigenvalue weighted by Crippen LogP contribution is 2.16. The lowest BCUT2D eigenvalue weighted by molar-refractivity contribution is -0.127. The molecule has 0 aromatic heterocycles. The minimum Gasteiger partial charge on any atom is -0.344 e. The molecule has 0 spiro atoms. The summed E-state index contributed by atoms with van der Waals surface area (Å²) in [7, 11) is 3.72. The summed E-state index contributed by atoms with van der Waals surface area (Å²) < 4.78 is 0. The lowest BCUT2D eigenvalue weighted by Gasteiger charge is -2.16. The Morgan fingerprint density at radius 2 is 2.06 bits per heavy atom. The lowest BCUT2D eigenvalue weighted by atomic mass is 10.4. The fourth-order valence-corrected chi connectivity index (χ4v) is 2.04. The molecule has 1 rings (SSSR count). The van der Waals surface area contributed by atoms with Gasteiger partial charge in [-0.3, -0.25) is 4.79 Å². The maximum atomic E-state index is 11.7. The van der Waals surface area contributed by atoms with E-state index in [9.17, 15) is 4.79 Å². The predicted molar refractivity (Wildman–Crippen MR) is 68.7 cm³/mol. The fraction of sp³-hybridized carbons (Fsp3) is 0.417. The fourth-order valence-electron chi connectivity index (χ4n) is 1.18. The number of carbonyl (C=O) groups excluding carboxylic acids is 1. The Kier molecular flexibility index (Phi) is 5.96. The Bertz CT molecular complexity index is 316. The quantitative estimate of drug-likeness (QED) is 0.762. The van der Waals surface area contributed by atoms with Crippen LogP contribution in [0, 0.1) is 0 Å². The molecule has 0 radical (unpaired) electrons. The highest BCUT2D eigenvalue weighted by molar-refractivity contribution is 8.00. The molecule has 0 fully saturated rings. The molecule has 1 aromatic rings. The standard InChI is InChI=1S/C12H18N2OS/c1-13-8-9-14(2)12(15)10-16-11-6-4-3-5-7-11/h3-7,13H,8-10H2,1-2H3. The van der Waals surface area contributed by atoms with Gasteiger partial charge in [0, 0.05) is 25.0 Å². The predicted octanol–water partition coefficient (Wildman–Crippen LogP) is 1.46. The zero-order valence-corrected chi connectivity index (χ0v) is 10.6. The number of thioether (sulfide) groups is 1. The number of rotatable bonds is 6. The average molecular weight is 238 g/mol. The lowest BCUT2D eigenvalue weighted by Crippen LogP contribution is -2.33. The van der Waals surface area contributed by atoms with Crippen molar-refractivity contribution < 1.29 is 4.79 Å². The van der Waals surface area contributed by atoms with Gasteiger partial charge in [-0.25, -0.2) is 0 Å². The third-order valence-corrected chi connectivity index (χ3v) is 3.23. The van der Waals surface area contributed by atoms with Crippen molar-refractivity contribution in [1.82, 2.24) is 10.2 Å². The molecule has 0 aliphatic carbocycles. The Labute approximate surface area is 101 Å². The Balaban J connectivity index is 2.29. The maximum absolute atomic E-state index is 11.7. The molecule has 1 N–H and O–H groups in total. The van der Waals surface area contributed by atoms with Gasteiger partial charge in [-0.15, -0.1) is 11.8 Å². The van der Waals surface area contributed by atoms with Gasteiger partial charge < -0.3 is 10.2 Å². The van der Waals surface area contributed by atoms with E-state index in [1.54, 1.807) is 16.7 Å². The van der Waals surface area contributed by atoms with Gasteiger partial charge in [-0.1, -0.05) is 18.2 Å². The number of nitrogens with zero attached hydrogens (tertiary/aromatic N) is 1. The first-order valence-corrected chi connectivity index (χ1v) is 6.29. The van der Waals surface area contributed by atoms with Crippen LogP contribution in [0.15, 0.2) is 35.2 Å². The number of hydrogen-bond donors (Lipinski definition) is 1. The highest BCUT2D eigenvalue weighted by Gasteiger charge is 2.07. The molecule has 0 unspecified atom stereocenters. The maximum Gasteiger partial charge on any atom is 0.232 e. The van der Waals surface area contributed by atoms with Crippen LogP contribution in [0.4, 0.5) is 0 Å². The van der Waals surface area contributed by atoms with Crippen LogP contribution in [-0.4, -0.2) is 43.7 Å². The molecule has 88 valence electrons. The highest BCUT2D eigenvalue weighted by atomic mass is 32.2. The number of benzene rings is 1. The molecule has 1 aromatic carbocycles. The third kappa shape index (κ3) is 4.68. The van der Waals surface area contributed by atoms with E-state index in [1.807, 2.05) is 44.4 Å². The first-order chi connectivity index (χ1) is 7.74. The van der Waals surface area contributed by atoms with E-state index in [1.165, 1.54) is 0 Å². The summed E-state index contributed by atoms with van der Waals surface area (Å²) in [5.41, 5.74) is 0. The Morgan fingerprint density at radius 1 is 1.38 bits per heavy atom. The molecule has 16 heavy (non-hydrogen) atoms. The summed E-state index contributed by atoms with van der Waals surface area (Å²) in [6.07, 6.45) is 0. The van der Waals surface area contributed by atoms with Gasteiger partial charge >= 0.3 is 0 Å². The molecule has 0 atom stereocenters. The van der Waals surface area contributed by atoms with Crippen LogP contribution in [0.2, 0.25) is 0 Å². The molecule has 0 saturated carbocycles. The first-order valence-electron chi connectivity index (χ1n) is 5.30. The molecule has 4 heteroatoms. The normalized spacial score (nSPS) is 10.1. The summed E-state index contributed by atoms with van der Waals surface area (Å²) in [5.74, 6) is 0.675. The van der Waals surface area contributed by atoms with Gasteiger partial charge in [0.15, 0.2) is 0 Å². The number of amides is 1. The summed E-state index contributed by atoms with van der Waals surface area (Å²) in [4.78, 5) is 14.6. The first kappa shape index (κ1) is 13.1. The second kappa shape index (κ2) is 7.30. The summed E-state index contributed by atoms with van der Waals surface area (Å²) >= 11 is 1.58. The van der Waals surface area contributed by atoms with Crippen molar-refractivity contribution >= 4 is 17.7 Å². The molecule has 1 amide bonds. The van der Waals surface area contributed by atoms with Crippen molar-refractivity contribution in [3.63, 3.8) is 0 Å². The zero-order chi connectivity index (χ0) is 11.8. The SMILES string of the molecule is CNCCN(C)C(=O)CSc1ccccc1. The molecular weight excluding hydrogens is 220 g/mol. The van der Waals surface area contributed by atoms with Gasteiger partial charge in [0.25, 0.3) is 0 Å². The Hall–Kier alpha value is -1.00. The summed E-state index contributed by atoms with van der Waals surface area (Å²) in [6.45, 7) is 1.59. The van der Waals surface area contributed by atoms with Crippen LogP contribution in [0.25, 0.3) is 0 Å².